The number of aryl methyl sites for hydroxylation is 4. The van der Waals surface area contributed by atoms with Gasteiger partial charge in [-0.05, 0) is 231 Å². The van der Waals surface area contributed by atoms with E-state index in [9.17, 15) is 0 Å². The van der Waals surface area contributed by atoms with E-state index in [1.165, 1.54) is 141 Å². The summed E-state index contributed by atoms with van der Waals surface area (Å²) in [4.78, 5) is 20.7. The number of fused-ring (bicyclic) bond motifs is 27. The second-order valence-electron chi connectivity index (χ2n) is 31.7. The molecule has 0 amide bonds. The van der Waals surface area contributed by atoms with Gasteiger partial charge in [0.15, 0.2) is 0 Å². The molecular formula is C94H92N8O4. The molecule has 106 heavy (non-hydrogen) atoms. The third-order valence-electron chi connectivity index (χ3n) is 26.1. The highest BCUT2D eigenvalue weighted by Crippen LogP contribution is 2.54. The number of hydrogen-bond donors (Lipinski definition) is 0. The second kappa shape index (κ2) is 25.1. The van der Waals surface area contributed by atoms with Crippen molar-refractivity contribution in [2.24, 2.45) is 0 Å². The number of furan rings is 4. The number of rotatable bonds is 4. The molecule has 8 aliphatic rings. The van der Waals surface area contributed by atoms with Gasteiger partial charge in [-0.3, -0.25) is 14.7 Å². The number of para-hydroxylation sites is 5. The molecule has 1 saturated carbocycles. The Kier molecular flexibility index (Phi) is 15.4. The lowest BCUT2D eigenvalue weighted by Gasteiger charge is -2.47. The first-order valence-electron chi connectivity index (χ1n) is 38.7. The van der Waals surface area contributed by atoms with Crippen LogP contribution in [0.15, 0.2) is 236 Å². The summed E-state index contributed by atoms with van der Waals surface area (Å²) >= 11 is 0. The van der Waals surface area contributed by atoms with Crippen molar-refractivity contribution in [1.29, 1.82) is 0 Å². The largest absolute Gasteiger partial charge is 0.456 e. The van der Waals surface area contributed by atoms with Crippen LogP contribution in [0.25, 0.3) is 87.8 Å². The molecule has 12 nitrogen and oxygen atoms in total. The molecule has 23 rings (SSSR count). The highest BCUT2D eigenvalue weighted by atomic mass is 16.3. The van der Waals surface area contributed by atoms with Crippen LogP contribution in [0.2, 0.25) is 0 Å². The maximum Gasteiger partial charge on any atom is 0.135 e. The molecule has 0 N–H and O–H groups in total. The third kappa shape index (κ3) is 10.2. The van der Waals surface area contributed by atoms with Crippen LogP contribution in [0, 0.1) is 27.7 Å². The number of anilines is 5. The van der Waals surface area contributed by atoms with E-state index in [4.69, 9.17) is 17.7 Å². The number of nitrogens with zero attached hydrogens (tertiary/aromatic N) is 8. The molecule has 4 saturated heterocycles. The van der Waals surface area contributed by atoms with Gasteiger partial charge >= 0.3 is 0 Å². The van der Waals surface area contributed by atoms with Crippen molar-refractivity contribution in [3.8, 4) is 0 Å². The molecule has 11 aromatic carbocycles. The molecule has 12 heteroatoms. The Hall–Kier alpha value is -10.5. The van der Waals surface area contributed by atoms with E-state index < -0.39 is 0 Å². The van der Waals surface area contributed by atoms with Crippen LogP contribution in [-0.4, -0.2) is 84.7 Å². The quantitative estimate of drug-likeness (QED) is 0.168. The summed E-state index contributed by atoms with van der Waals surface area (Å²) in [6.07, 6.45) is 7.73. The molecule has 6 aliphatic heterocycles. The summed E-state index contributed by atoms with van der Waals surface area (Å²) in [7, 11) is 4.55. The van der Waals surface area contributed by atoms with Crippen molar-refractivity contribution in [2.45, 2.75) is 155 Å². The van der Waals surface area contributed by atoms with Crippen molar-refractivity contribution < 1.29 is 17.7 Å². The van der Waals surface area contributed by atoms with Crippen LogP contribution in [0.4, 0.5) is 28.4 Å². The van der Waals surface area contributed by atoms with Gasteiger partial charge < -0.3 is 42.2 Å². The zero-order chi connectivity index (χ0) is 71.7. The molecule has 11 atom stereocenters. The maximum atomic E-state index is 6.11. The van der Waals surface area contributed by atoms with E-state index in [-0.39, 0.29) is 0 Å². The molecule has 0 spiro atoms. The van der Waals surface area contributed by atoms with Crippen LogP contribution in [0.5, 0.6) is 0 Å². The molecular weight excluding hydrogens is 1310 g/mol. The lowest BCUT2D eigenvalue weighted by atomic mass is 9.96. The molecule has 10 heterocycles. The second-order valence-corrected chi connectivity index (χ2v) is 31.7. The molecule has 0 radical (unpaired) electrons. The Bertz CT molecular complexity index is 5980. The fraction of sp³-hybridized carbons (Fsp3) is 0.298. The molecule has 8 bridgehead atoms. The van der Waals surface area contributed by atoms with Crippen molar-refractivity contribution in [3.63, 3.8) is 0 Å². The first-order valence-corrected chi connectivity index (χ1v) is 38.7. The van der Waals surface area contributed by atoms with Gasteiger partial charge in [0.05, 0.1) is 42.8 Å². The van der Waals surface area contributed by atoms with Gasteiger partial charge in [-0.2, -0.15) is 0 Å². The van der Waals surface area contributed by atoms with E-state index in [1.54, 1.807) is 0 Å². The fourth-order valence-electron chi connectivity index (χ4n) is 20.6. The predicted molar refractivity (Wildman–Crippen MR) is 436 cm³/mol. The number of benzene rings is 11. The van der Waals surface area contributed by atoms with Gasteiger partial charge in [-0.1, -0.05) is 140 Å². The van der Waals surface area contributed by atoms with Crippen LogP contribution >= 0.6 is 0 Å². The zero-order valence-corrected chi connectivity index (χ0v) is 62.4. The summed E-state index contributed by atoms with van der Waals surface area (Å²) in [5.41, 5.74) is 27.1. The van der Waals surface area contributed by atoms with Crippen molar-refractivity contribution >= 4 is 116 Å². The molecule has 15 aromatic rings. The SMILES string of the molecule is Cc1cc2oc3ccccc3c2cc1N1C2CC(c3ccccc32)N(C)C1C.Cc1cc2oc3ccccc3c2cc1N1C2CCC(C2)N(C)C1C.Cc1cc2oc3ccccc3c2cc1N1C2CN(Cc3ccccc32)C1C.Cc1cc2oc3ccccc3c2cc1N1C2Cc3ccccc3N(C2)C1C. The minimum Gasteiger partial charge on any atom is -0.456 e. The monoisotopic (exact) mass is 1400 g/mol. The molecule has 5 fully saturated rings. The van der Waals surface area contributed by atoms with Gasteiger partial charge in [0.25, 0.3) is 0 Å². The van der Waals surface area contributed by atoms with Crippen LogP contribution in [-0.2, 0) is 13.0 Å². The topological polar surface area (TPSA) is 78.5 Å². The first-order chi connectivity index (χ1) is 51.7. The van der Waals surface area contributed by atoms with Crippen LogP contribution in [0.1, 0.15) is 122 Å². The Morgan fingerprint density at radius 2 is 0.698 bits per heavy atom. The van der Waals surface area contributed by atoms with E-state index in [1.807, 2.05) is 24.3 Å². The Morgan fingerprint density at radius 1 is 0.302 bits per heavy atom. The predicted octanol–water partition coefficient (Wildman–Crippen LogP) is 22.2. The van der Waals surface area contributed by atoms with E-state index in [0.717, 1.165) is 83.2 Å². The van der Waals surface area contributed by atoms with Gasteiger partial charge in [-0.15, -0.1) is 0 Å². The normalized spacial score (nSPS) is 24.1. The molecule has 532 valence electrons. The summed E-state index contributed by atoms with van der Waals surface area (Å²) in [5, 5.41) is 9.69. The Morgan fingerprint density at radius 3 is 1.21 bits per heavy atom. The summed E-state index contributed by atoms with van der Waals surface area (Å²) in [5.74, 6) is 0. The van der Waals surface area contributed by atoms with Crippen LogP contribution < -0.4 is 24.5 Å². The van der Waals surface area contributed by atoms with Gasteiger partial charge in [0.1, 0.15) is 44.7 Å². The summed E-state index contributed by atoms with van der Waals surface area (Å²) in [6.45, 7) is 21.4. The van der Waals surface area contributed by atoms with Gasteiger partial charge in [0, 0.05) is 109 Å². The summed E-state index contributed by atoms with van der Waals surface area (Å²) < 4.78 is 24.3. The standard InChI is InChI=1S/C25H24N2O.2C24H22N2O.C21H24N2O/c1-15-12-25-20(19-10-6-7-11-24(19)28-25)13-21(15)27-16(2)26(3)22-14-23(27)18-9-5-4-8-17(18)22;1-15-11-24-20(19-8-4-6-10-23(19)27-24)13-22(15)26-16(2)25-14-18(26)12-17-7-3-5-9-21(17)25;1-15-11-24-20(19-9-5-6-10-23(19)27-24)12-21(15)26-16(2)25-13-17-7-3-4-8-18(17)22(26)14-25;1-13-10-21-18(17-6-4-5-7-20(17)24-21)12-19(13)23-14(2)22(3)15-8-9-16(23)11-15/h4-13,16,22-23H,14H2,1-3H3;3-11,13,16,18H,12,14H2,1-2H3;3-12,16,22H,13-14H2,1-2H3;4-7,10,12,14-16H,8-9,11H2,1-3H3. The maximum absolute atomic E-state index is 6.11. The zero-order valence-electron chi connectivity index (χ0n) is 62.4. The lowest BCUT2D eigenvalue weighted by Crippen LogP contribution is -2.56. The average molecular weight is 1400 g/mol. The fourth-order valence-corrected chi connectivity index (χ4v) is 20.6. The molecule has 11 unspecified atom stereocenters. The van der Waals surface area contributed by atoms with Gasteiger partial charge in [-0.25, -0.2) is 0 Å². The Balaban J connectivity index is 0.0000000937. The smallest absolute Gasteiger partial charge is 0.135 e. The highest BCUT2D eigenvalue weighted by molar-refractivity contribution is 6.09. The average Bonchev–Trinajstić information content (AvgIpc) is 1.58. The van der Waals surface area contributed by atoms with Crippen molar-refractivity contribution in [3.05, 3.63) is 268 Å². The minimum atomic E-state index is 0.338. The molecule has 2 aliphatic carbocycles. The summed E-state index contributed by atoms with van der Waals surface area (Å²) in [6, 6.07) is 81.7. The third-order valence-corrected chi connectivity index (χ3v) is 26.1. The molecule has 4 aromatic heterocycles. The van der Waals surface area contributed by atoms with E-state index in [0.29, 0.717) is 54.9 Å². The number of hydrogen-bond acceptors (Lipinski definition) is 12. The Labute approximate surface area is 620 Å². The highest BCUT2D eigenvalue weighted by Gasteiger charge is 2.48. The van der Waals surface area contributed by atoms with E-state index >= 15 is 0 Å². The van der Waals surface area contributed by atoms with Crippen molar-refractivity contribution in [2.75, 3.05) is 51.7 Å². The minimum absolute atomic E-state index is 0.338. The van der Waals surface area contributed by atoms with E-state index in [2.05, 4.69) is 303 Å². The van der Waals surface area contributed by atoms with Crippen LogP contribution in [0.3, 0.4) is 0 Å². The first kappa shape index (κ1) is 65.1. The lowest BCUT2D eigenvalue weighted by molar-refractivity contribution is 0.131. The van der Waals surface area contributed by atoms with Crippen molar-refractivity contribution in [1.82, 2.24) is 14.7 Å². The van der Waals surface area contributed by atoms with Gasteiger partial charge in [0.2, 0.25) is 0 Å².